The lowest BCUT2D eigenvalue weighted by atomic mass is 10.2. The summed E-state index contributed by atoms with van der Waals surface area (Å²) in [5, 5.41) is 8.84. The second-order valence-electron chi connectivity index (χ2n) is 3.56. The number of hydrogen-bond acceptors (Lipinski definition) is 3. The summed E-state index contributed by atoms with van der Waals surface area (Å²) in [4.78, 5) is 4.72. The minimum Gasteiger partial charge on any atom is -0.395 e. The van der Waals surface area contributed by atoms with E-state index in [9.17, 15) is 0 Å². The van der Waals surface area contributed by atoms with Crippen LogP contribution in [0.4, 0.5) is 0 Å². The van der Waals surface area contributed by atoms with E-state index in [2.05, 4.69) is 23.8 Å². The van der Waals surface area contributed by atoms with Gasteiger partial charge in [-0.1, -0.05) is 6.92 Å². The fourth-order valence-electron chi connectivity index (χ4n) is 1.94. The van der Waals surface area contributed by atoms with Gasteiger partial charge >= 0.3 is 0 Å². The van der Waals surface area contributed by atoms with Crippen molar-refractivity contribution in [2.75, 3.05) is 39.8 Å². The zero-order chi connectivity index (χ0) is 8.97. The summed E-state index contributed by atoms with van der Waals surface area (Å²) >= 11 is 0. The number of aliphatic hydroxyl groups is 1. The van der Waals surface area contributed by atoms with E-state index in [1.807, 2.05) is 0 Å². The molecule has 1 aliphatic rings. The lowest BCUT2D eigenvalue weighted by Gasteiger charge is -2.26. The number of nitrogens with zero attached hydrogens (tertiary/aromatic N) is 2. The molecule has 1 atom stereocenters. The topological polar surface area (TPSA) is 26.7 Å². The molecule has 0 aliphatic carbocycles. The fourth-order valence-corrected chi connectivity index (χ4v) is 1.94. The van der Waals surface area contributed by atoms with Crippen LogP contribution in [0.3, 0.4) is 0 Å². The Bertz CT molecular complexity index is 128. The molecule has 1 saturated heterocycles. The summed E-state index contributed by atoms with van der Waals surface area (Å²) in [6.45, 7) is 6.69. The smallest absolute Gasteiger partial charge is 0.0558 e. The highest BCUT2D eigenvalue weighted by atomic mass is 16.3. The molecule has 72 valence electrons. The van der Waals surface area contributed by atoms with Gasteiger partial charge < -0.3 is 10.0 Å². The van der Waals surface area contributed by atoms with E-state index in [-0.39, 0.29) is 6.61 Å². The van der Waals surface area contributed by atoms with Gasteiger partial charge in [0.25, 0.3) is 0 Å². The number of likely N-dealkylation sites (N-methyl/N-ethyl adjacent to an activating group) is 2. The molecule has 0 radical (unpaired) electrons. The highest BCUT2D eigenvalue weighted by molar-refractivity contribution is 4.80. The first-order valence-electron chi connectivity index (χ1n) is 4.81. The molecule has 0 spiro atoms. The molecule has 3 nitrogen and oxygen atoms in total. The summed E-state index contributed by atoms with van der Waals surface area (Å²) in [6.07, 6.45) is 1.25. The maximum atomic E-state index is 8.84. The molecule has 0 amide bonds. The number of likely N-dealkylation sites (tertiary alicyclic amines) is 1. The van der Waals surface area contributed by atoms with E-state index in [4.69, 9.17) is 5.11 Å². The lowest BCUT2D eigenvalue weighted by Crippen LogP contribution is -2.38. The Morgan fingerprint density at radius 2 is 2.33 bits per heavy atom. The average Bonchev–Trinajstić information content (AvgIpc) is 2.47. The van der Waals surface area contributed by atoms with Crippen molar-refractivity contribution in [1.29, 1.82) is 0 Å². The molecule has 0 bridgehead atoms. The van der Waals surface area contributed by atoms with Gasteiger partial charge in [-0.25, -0.2) is 0 Å². The van der Waals surface area contributed by atoms with Gasteiger partial charge in [0.1, 0.15) is 0 Å². The molecule has 3 heteroatoms. The molecular formula is C9H20N2O. The van der Waals surface area contributed by atoms with Crippen molar-refractivity contribution in [3.63, 3.8) is 0 Å². The van der Waals surface area contributed by atoms with Crippen LogP contribution >= 0.6 is 0 Å². The molecule has 0 aromatic heterocycles. The standard InChI is InChI=1S/C9H20N2O/c1-3-11(6-7-12)9-4-5-10(2)8-9/h9,12H,3-8H2,1-2H3/t9-/m1/s1. The van der Waals surface area contributed by atoms with Gasteiger partial charge in [-0.2, -0.15) is 0 Å². The predicted octanol–water partition coefficient (Wildman–Crippen LogP) is 0.00470. The third kappa shape index (κ3) is 2.44. The highest BCUT2D eigenvalue weighted by Crippen LogP contribution is 2.12. The molecule has 1 aliphatic heterocycles. The van der Waals surface area contributed by atoms with Crippen LogP contribution in [0.15, 0.2) is 0 Å². The third-order valence-corrected chi connectivity index (χ3v) is 2.68. The summed E-state index contributed by atoms with van der Waals surface area (Å²) in [5.41, 5.74) is 0. The van der Waals surface area contributed by atoms with Crippen LogP contribution in [0, 0.1) is 0 Å². The fraction of sp³-hybridized carbons (Fsp3) is 1.00. The van der Waals surface area contributed by atoms with Crippen LogP contribution in [-0.2, 0) is 0 Å². The van der Waals surface area contributed by atoms with E-state index in [0.717, 1.165) is 19.6 Å². The maximum Gasteiger partial charge on any atom is 0.0558 e. The number of hydrogen-bond donors (Lipinski definition) is 1. The van der Waals surface area contributed by atoms with Crippen LogP contribution in [-0.4, -0.2) is 60.8 Å². The third-order valence-electron chi connectivity index (χ3n) is 2.68. The van der Waals surface area contributed by atoms with E-state index in [1.165, 1.54) is 13.0 Å². The van der Waals surface area contributed by atoms with Gasteiger partial charge in [-0.15, -0.1) is 0 Å². The van der Waals surface area contributed by atoms with Crippen molar-refractivity contribution in [3.05, 3.63) is 0 Å². The van der Waals surface area contributed by atoms with Crippen molar-refractivity contribution in [2.24, 2.45) is 0 Å². The molecular weight excluding hydrogens is 152 g/mol. The predicted molar refractivity (Wildman–Crippen MR) is 50.2 cm³/mol. The molecule has 0 aromatic rings. The van der Waals surface area contributed by atoms with E-state index in [1.54, 1.807) is 0 Å². The van der Waals surface area contributed by atoms with Crippen molar-refractivity contribution in [3.8, 4) is 0 Å². The molecule has 12 heavy (non-hydrogen) atoms. The highest BCUT2D eigenvalue weighted by Gasteiger charge is 2.23. The van der Waals surface area contributed by atoms with Gasteiger partial charge in [0, 0.05) is 19.1 Å². The Balaban J connectivity index is 2.33. The van der Waals surface area contributed by atoms with Crippen LogP contribution < -0.4 is 0 Å². The van der Waals surface area contributed by atoms with E-state index in [0.29, 0.717) is 6.04 Å². The van der Waals surface area contributed by atoms with Crippen LogP contribution in [0.25, 0.3) is 0 Å². The minimum atomic E-state index is 0.286. The molecule has 0 aromatic carbocycles. The first kappa shape index (κ1) is 9.96. The zero-order valence-corrected chi connectivity index (χ0v) is 8.16. The van der Waals surface area contributed by atoms with Crippen molar-refractivity contribution in [1.82, 2.24) is 9.80 Å². The minimum absolute atomic E-state index is 0.286. The Labute approximate surface area is 75.0 Å². The molecule has 1 rings (SSSR count). The van der Waals surface area contributed by atoms with Gasteiger partial charge in [0.05, 0.1) is 6.61 Å². The van der Waals surface area contributed by atoms with Crippen LogP contribution in [0.1, 0.15) is 13.3 Å². The van der Waals surface area contributed by atoms with Gasteiger partial charge in [-0.05, 0) is 26.6 Å². The van der Waals surface area contributed by atoms with E-state index >= 15 is 0 Å². The summed E-state index contributed by atoms with van der Waals surface area (Å²) in [7, 11) is 2.16. The molecule has 0 saturated carbocycles. The average molecular weight is 172 g/mol. The molecule has 1 N–H and O–H groups in total. The Morgan fingerprint density at radius 1 is 1.58 bits per heavy atom. The van der Waals surface area contributed by atoms with Crippen molar-refractivity contribution < 1.29 is 5.11 Å². The summed E-state index contributed by atoms with van der Waals surface area (Å²) in [5.74, 6) is 0. The molecule has 0 unspecified atom stereocenters. The largest absolute Gasteiger partial charge is 0.395 e. The number of aliphatic hydroxyl groups excluding tert-OH is 1. The normalized spacial score (nSPS) is 25.5. The Morgan fingerprint density at radius 3 is 2.75 bits per heavy atom. The van der Waals surface area contributed by atoms with Crippen LogP contribution in [0.2, 0.25) is 0 Å². The monoisotopic (exact) mass is 172 g/mol. The van der Waals surface area contributed by atoms with Crippen molar-refractivity contribution >= 4 is 0 Å². The number of rotatable bonds is 4. The zero-order valence-electron chi connectivity index (χ0n) is 8.16. The van der Waals surface area contributed by atoms with Gasteiger partial charge in [0.2, 0.25) is 0 Å². The quantitative estimate of drug-likeness (QED) is 0.647. The van der Waals surface area contributed by atoms with Gasteiger partial charge in [-0.3, -0.25) is 4.90 Å². The maximum absolute atomic E-state index is 8.84. The summed E-state index contributed by atoms with van der Waals surface area (Å²) in [6, 6.07) is 0.673. The van der Waals surface area contributed by atoms with E-state index < -0.39 is 0 Å². The van der Waals surface area contributed by atoms with Gasteiger partial charge in [0.15, 0.2) is 0 Å². The lowest BCUT2D eigenvalue weighted by molar-refractivity contribution is 0.159. The molecule has 1 heterocycles. The molecule has 1 fully saturated rings. The SMILES string of the molecule is CCN(CCO)[C@@H]1CCN(C)C1. The first-order valence-corrected chi connectivity index (χ1v) is 4.81. The first-order chi connectivity index (χ1) is 5.77. The Kier molecular flexibility index (Phi) is 3.98. The summed E-state index contributed by atoms with van der Waals surface area (Å²) < 4.78 is 0. The second kappa shape index (κ2) is 4.80. The van der Waals surface area contributed by atoms with Crippen molar-refractivity contribution in [2.45, 2.75) is 19.4 Å². The Hall–Kier alpha value is -0.120. The van der Waals surface area contributed by atoms with Crippen LogP contribution in [0.5, 0.6) is 0 Å². The second-order valence-corrected chi connectivity index (χ2v) is 3.56.